The zero-order valence-corrected chi connectivity index (χ0v) is 34.7. The van der Waals surface area contributed by atoms with Crippen LogP contribution < -0.4 is 0 Å². The van der Waals surface area contributed by atoms with E-state index in [4.69, 9.17) is 0 Å². The highest BCUT2D eigenvalue weighted by Crippen LogP contribution is 2.56. The third-order valence-corrected chi connectivity index (χ3v) is 14.1. The molecule has 0 amide bonds. The minimum absolute atomic E-state index is 0.0898. The molecule has 2 aliphatic carbocycles. The van der Waals surface area contributed by atoms with Crippen LogP contribution >= 0.6 is 0 Å². The van der Waals surface area contributed by atoms with Gasteiger partial charge in [0.25, 0.3) is 0 Å². The molecule has 10 rings (SSSR count). The molecule has 2 nitrogen and oxygen atoms in total. The van der Waals surface area contributed by atoms with Gasteiger partial charge in [0, 0.05) is 24.0 Å². The van der Waals surface area contributed by atoms with E-state index in [2.05, 4.69) is 162 Å². The van der Waals surface area contributed by atoms with Gasteiger partial charge >= 0.3 is 0 Å². The zero-order valence-electron chi connectivity index (χ0n) is 34.7. The van der Waals surface area contributed by atoms with Crippen LogP contribution in [0.3, 0.4) is 0 Å². The second-order valence-corrected chi connectivity index (χ2v) is 18.8. The Hall–Kier alpha value is -5.28. The molecule has 0 heterocycles. The summed E-state index contributed by atoms with van der Waals surface area (Å²) in [6.07, 6.45) is 5.52. The number of aliphatic hydroxyl groups is 2. The Bertz CT molecular complexity index is 2850. The summed E-state index contributed by atoms with van der Waals surface area (Å²) < 4.78 is 0. The van der Waals surface area contributed by atoms with Crippen molar-refractivity contribution in [3.05, 3.63) is 155 Å². The van der Waals surface area contributed by atoms with Crippen molar-refractivity contribution < 1.29 is 10.2 Å². The molecule has 0 aliphatic heterocycles. The van der Waals surface area contributed by atoms with Gasteiger partial charge in [0.15, 0.2) is 0 Å². The van der Waals surface area contributed by atoms with E-state index in [1.54, 1.807) is 0 Å². The molecule has 0 atom stereocenters. The van der Waals surface area contributed by atoms with Crippen molar-refractivity contribution in [3.63, 3.8) is 0 Å². The van der Waals surface area contributed by atoms with E-state index in [9.17, 15) is 10.2 Å². The van der Waals surface area contributed by atoms with Crippen LogP contribution in [0.1, 0.15) is 101 Å². The minimum atomic E-state index is -0.171. The largest absolute Gasteiger partial charge is 0.396 e. The number of unbranched alkanes of at least 4 members (excludes halogenated alkanes) is 2. The van der Waals surface area contributed by atoms with Crippen LogP contribution in [-0.4, -0.2) is 23.4 Å². The lowest BCUT2D eigenvalue weighted by molar-refractivity contribution is 0.266. The molecule has 0 saturated carbocycles. The van der Waals surface area contributed by atoms with Crippen LogP contribution in [0.15, 0.2) is 127 Å². The molecule has 8 aromatic rings. The fourth-order valence-electron chi connectivity index (χ4n) is 11.0. The molecular formula is C56H54O2. The first-order valence-electron chi connectivity index (χ1n) is 21.5. The average Bonchev–Trinajstić information content (AvgIpc) is 3.63. The molecule has 2 heteroatoms. The van der Waals surface area contributed by atoms with E-state index < -0.39 is 0 Å². The van der Waals surface area contributed by atoms with Crippen molar-refractivity contribution in [2.45, 2.75) is 89.4 Å². The summed E-state index contributed by atoms with van der Waals surface area (Å²) in [7, 11) is 0. The molecule has 8 aromatic carbocycles. The van der Waals surface area contributed by atoms with Gasteiger partial charge in [-0.3, -0.25) is 0 Å². The monoisotopic (exact) mass is 758 g/mol. The first-order chi connectivity index (χ1) is 28.0. The van der Waals surface area contributed by atoms with Gasteiger partial charge in [-0.15, -0.1) is 0 Å². The Morgan fingerprint density at radius 1 is 0.448 bits per heavy atom. The van der Waals surface area contributed by atoms with Gasteiger partial charge in [-0.25, -0.2) is 0 Å². The Labute approximate surface area is 343 Å². The first-order valence-corrected chi connectivity index (χ1v) is 21.5. The molecule has 58 heavy (non-hydrogen) atoms. The van der Waals surface area contributed by atoms with Gasteiger partial charge in [-0.05, 0) is 167 Å². The molecule has 0 bridgehead atoms. The maximum Gasteiger partial charge on any atom is 0.0431 e. The second kappa shape index (κ2) is 13.7. The van der Waals surface area contributed by atoms with Crippen molar-refractivity contribution in [2.75, 3.05) is 13.2 Å². The van der Waals surface area contributed by atoms with Crippen LogP contribution in [0.5, 0.6) is 0 Å². The fourth-order valence-corrected chi connectivity index (χ4v) is 11.0. The number of benzene rings is 8. The molecule has 0 spiro atoms. The van der Waals surface area contributed by atoms with Gasteiger partial charge in [-0.1, -0.05) is 144 Å². The smallest absolute Gasteiger partial charge is 0.0431 e. The van der Waals surface area contributed by atoms with Crippen molar-refractivity contribution in [2.24, 2.45) is 0 Å². The number of hydrogen-bond acceptors (Lipinski definition) is 2. The van der Waals surface area contributed by atoms with Crippen molar-refractivity contribution in [3.8, 4) is 44.5 Å². The van der Waals surface area contributed by atoms with Crippen LogP contribution in [0.2, 0.25) is 0 Å². The summed E-state index contributed by atoms with van der Waals surface area (Å²) in [5.74, 6) is 0. The molecule has 0 saturated heterocycles. The average molecular weight is 759 g/mol. The highest BCUT2D eigenvalue weighted by molar-refractivity contribution is 6.25. The topological polar surface area (TPSA) is 40.5 Å². The molecular weight excluding hydrogens is 705 g/mol. The minimum Gasteiger partial charge on any atom is -0.396 e. The van der Waals surface area contributed by atoms with Crippen molar-refractivity contribution in [1.82, 2.24) is 0 Å². The van der Waals surface area contributed by atoms with Gasteiger partial charge < -0.3 is 10.2 Å². The third kappa shape index (κ3) is 5.59. The van der Waals surface area contributed by atoms with Gasteiger partial charge in [0.1, 0.15) is 0 Å². The lowest BCUT2D eigenvalue weighted by Gasteiger charge is -2.33. The van der Waals surface area contributed by atoms with E-state index in [-0.39, 0.29) is 29.5 Å². The summed E-state index contributed by atoms with van der Waals surface area (Å²) in [5, 5.41) is 27.5. The second-order valence-electron chi connectivity index (χ2n) is 18.8. The van der Waals surface area contributed by atoms with Crippen LogP contribution in [0, 0.1) is 0 Å². The molecule has 0 aromatic heterocycles. The SMILES string of the molecule is CC(C)(C)c1cc2ccc3ccc(-c4ccc5c(c4)C(C)(C)c4cc(-c6ccc7c(c6)C(CCCCO)(CCCCO)c6ccccc6-7)ccc4-5)c4ccc(c1)c2c34. The maximum atomic E-state index is 9.77. The predicted molar refractivity (Wildman–Crippen MR) is 245 cm³/mol. The lowest BCUT2D eigenvalue weighted by atomic mass is 9.70. The Kier molecular flexibility index (Phi) is 8.71. The van der Waals surface area contributed by atoms with E-state index in [0.29, 0.717) is 0 Å². The lowest BCUT2D eigenvalue weighted by Crippen LogP contribution is -2.25. The molecule has 290 valence electrons. The molecule has 2 aliphatic rings. The van der Waals surface area contributed by atoms with Crippen LogP contribution in [-0.2, 0) is 16.2 Å². The number of hydrogen-bond donors (Lipinski definition) is 2. The van der Waals surface area contributed by atoms with E-state index in [0.717, 1.165) is 38.5 Å². The third-order valence-electron chi connectivity index (χ3n) is 14.1. The Morgan fingerprint density at radius 3 is 1.59 bits per heavy atom. The molecule has 0 unspecified atom stereocenters. The highest BCUT2D eigenvalue weighted by atomic mass is 16.3. The summed E-state index contributed by atoms with van der Waals surface area (Å²) in [5.41, 5.74) is 17.1. The van der Waals surface area contributed by atoms with E-state index in [1.807, 2.05) is 0 Å². The van der Waals surface area contributed by atoms with Crippen LogP contribution in [0.25, 0.3) is 76.8 Å². The molecule has 0 radical (unpaired) electrons. The van der Waals surface area contributed by atoms with E-state index in [1.165, 1.54) is 105 Å². The van der Waals surface area contributed by atoms with Crippen molar-refractivity contribution >= 4 is 32.3 Å². The fraction of sp³-hybridized carbons (Fsp3) is 0.286. The first kappa shape index (κ1) is 37.0. The Morgan fingerprint density at radius 2 is 0.948 bits per heavy atom. The standard InChI is InChI=1S/C56H54O2/c1-54(2,3)41-30-39-15-14-35-16-21-42(47-25-20-40(31-41)52(39)53(35)47)38-19-24-45-44-22-17-36(32-49(44)55(4,5)50(45)34-38)37-18-23-46-43-12-6-7-13-48(43)56(51(46)33-37,26-8-10-28-57)27-9-11-29-58/h6-7,12-25,30-34,57-58H,8-11,26-29H2,1-5H3. The number of aliphatic hydroxyl groups excluding tert-OH is 2. The maximum absolute atomic E-state index is 9.77. The zero-order chi connectivity index (χ0) is 40.0. The predicted octanol–water partition coefficient (Wildman–Crippen LogP) is 14.1. The summed E-state index contributed by atoms with van der Waals surface area (Å²) in [4.78, 5) is 0. The molecule has 2 N–H and O–H groups in total. The van der Waals surface area contributed by atoms with Crippen molar-refractivity contribution in [1.29, 1.82) is 0 Å². The summed E-state index contributed by atoms with van der Waals surface area (Å²) in [6.45, 7) is 12.1. The summed E-state index contributed by atoms with van der Waals surface area (Å²) >= 11 is 0. The number of rotatable bonds is 10. The number of fused-ring (bicyclic) bond motifs is 6. The van der Waals surface area contributed by atoms with Crippen LogP contribution in [0.4, 0.5) is 0 Å². The highest BCUT2D eigenvalue weighted by Gasteiger charge is 2.42. The Balaban J connectivity index is 1.04. The molecule has 0 fully saturated rings. The van der Waals surface area contributed by atoms with E-state index >= 15 is 0 Å². The van der Waals surface area contributed by atoms with Gasteiger partial charge in [0.2, 0.25) is 0 Å². The van der Waals surface area contributed by atoms with Gasteiger partial charge in [-0.2, -0.15) is 0 Å². The normalized spacial score (nSPS) is 14.9. The summed E-state index contributed by atoms with van der Waals surface area (Å²) in [6, 6.07) is 49.1. The van der Waals surface area contributed by atoms with Gasteiger partial charge in [0.05, 0.1) is 0 Å². The quantitative estimate of drug-likeness (QED) is 0.108.